The highest BCUT2D eigenvalue weighted by molar-refractivity contribution is 7.89. The van der Waals surface area contributed by atoms with Gasteiger partial charge in [0.1, 0.15) is 0 Å². The first-order valence-electron chi connectivity index (χ1n) is 9.46. The van der Waals surface area contributed by atoms with Gasteiger partial charge in [0.25, 0.3) is 5.69 Å². The van der Waals surface area contributed by atoms with Gasteiger partial charge in [-0.05, 0) is 39.3 Å². The highest BCUT2D eigenvalue weighted by Gasteiger charge is 2.30. The van der Waals surface area contributed by atoms with E-state index in [0.717, 1.165) is 6.07 Å². The molecule has 28 heavy (non-hydrogen) atoms. The molecule has 1 aliphatic heterocycles. The first kappa shape index (κ1) is 22.3. The second-order valence-electron chi connectivity index (χ2n) is 6.81. The number of hydrogen-bond acceptors (Lipinski definition) is 6. The number of benzene rings is 1. The maximum absolute atomic E-state index is 13.1. The molecule has 1 aromatic rings. The van der Waals surface area contributed by atoms with Crippen LogP contribution in [0.4, 0.5) is 5.69 Å². The second kappa shape index (κ2) is 9.44. The predicted octanol–water partition coefficient (Wildman–Crippen LogP) is 1.47. The molecule has 0 unspecified atom stereocenters. The van der Waals surface area contributed by atoms with E-state index < -0.39 is 14.9 Å². The highest BCUT2D eigenvalue weighted by Crippen LogP contribution is 2.25. The fourth-order valence-corrected chi connectivity index (χ4v) is 5.05. The normalized spacial score (nSPS) is 16.5. The minimum absolute atomic E-state index is 0.0330. The minimum atomic E-state index is -3.84. The van der Waals surface area contributed by atoms with Gasteiger partial charge in [-0.15, -0.1) is 0 Å². The molecule has 0 aromatic heterocycles. The van der Waals surface area contributed by atoms with Crippen molar-refractivity contribution in [1.82, 2.24) is 14.1 Å². The van der Waals surface area contributed by atoms with Crippen LogP contribution in [-0.4, -0.2) is 79.2 Å². The van der Waals surface area contributed by atoms with Gasteiger partial charge in [0.15, 0.2) is 0 Å². The van der Waals surface area contributed by atoms with Gasteiger partial charge in [-0.3, -0.25) is 19.8 Å². The van der Waals surface area contributed by atoms with Crippen molar-refractivity contribution in [3.63, 3.8) is 0 Å². The molecule has 156 valence electrons. The lowest BCUT2D eigenvalue weighted by Gasteiger charge is -2.25. The molecular formula is C18H28N4O5S. The lowest BCUT2D eigenvalue weighted by atomic mass is 10.2. The Morgan fingerprint density at radius 3 is 2.46 bits per heavy atom. The maximum Gasteiger partial charge on any atom is 0.270 e. The van der Waals surface area contributed by atoms with Crippen LogP contribution < -0.4 is 0 Å². The molecule has 1 aromatic carbocycles. The van der Waals surface area contributed by atoms with Crippen molar-refractivity contribution in [2.45, 2.75) is 32.1 Å². The molecule has 0 spiro atoms. The number of nitro benzene ring substituents is 1. The molecule has 0 radical (unpaired) electrons. The molecule has 0 aliphatic carbocycles. The average Bonchev–Trinajstić information content (AvgIpc) is 2.88. The first-order valence-corrected chi connectivity index (χ1v) is 10.9. The van der Waals surface area contributed by atoms with E-state index in [1.165, 1.54) is 16.4 Å². The number of likely N-dealkylation sites (N-methyl/N-ethyl adjacent to an activating group) is 1. The average molecular weight is 413 g/mol. The summed E-state index contributed by atoms with van der Waals surface area (Å²) in [7, 11) is -3.84. The zero-order valence-electron chi connectivity index (χ0n) is 16.6. The van der Waals surface area contributed by atoms with Crippen LogP contribution in [0.3, 0.4) is 0 Å². The van der Waals surface area contributed by atoms with Crippen LogP contribution in [0.15, 0.2) is 23.1 Å². The van der Waals surface area contributed by atoms with Gasteiger partial charge in [-0.25, -0.2) is 8.42 Å². The Hall–Kier alpha value is -2.04. The summed E-state index contributed by atoms with van der Waals surface area (Å²) in [6, 6.07) is 3.88. The molecule has 0 bridgehead atoms. The SMILES string of the molecule is CCN(CC)C(=O)CN1CCCN(S(=O)(=O)c2cc([N+](=O)[O-])ccc2C)CC1. The van der Waals surface area contributed by atoms with Crippen LogP contribution in [-0.2, 0) is 14.8 Å². The van der Waals surface area contributed by atoms with Gasteiger partial charge in [-0.2, -0.15) is 4.31 Å². The van der Waals surface area contributed by atoms with E-state index in [2.05, 4.69) is 0 Å². The first-order chi connectivity index (χ1) is 13.2. The molecule has 2 rings (SSSR count). The number of carbonyl (C=O) groups excluding carboxylic acids is 1. The summed E-state index contributed by atoms with van der Waals surface area (Å²) >= 11 is 0. The van der Waals surface area contributed by atoms with E-state index in [9.17, 15) is 23.3 Å². The second-order valence-corrected chi connectivity index (χ2v) is 8.71. The van der Waals surface area contributed by atoms with Gasteiger partial charge < -0.3 is 4.90 Å². The molecule has 1 aliphatic rings. The van der Waals surface area contributed by atoms with Crippen molar-refractivity contribution in [2.24, 2.45) is 0 Å². The van der Waals surface area contributed by atoms with Gasteiger partial charge >= 0.3 is 0 Å². The van der Waals surface area contributed by atoms with Crippen LogP contribution in [0.1, 0.15) is 25.8 Å². The number of aryl methyl sites for hydroxylation is 1. The van der Waals surface area contributed by atoms with Crippen molar-refractivity contribution >= 4 is 21.6 Å². The zero-order valence-corrected chi connectivity index (χ0v) is 17.4. The molecule has 0 saturated carbocycles. The Kier molecular flexibility index (Phi) is 7.50. The Balaban J connectivity index is 2.14. The van der Waals surface area contributed by atoms with Crippen molar-refractivity contribution in [1.29, 1.82) is 0 Å². The van der Waals surface area contributed by atoms with Gasteiger partial charge in [0.05, 0.1) is 16.4 Å². The summed E-state index contributed by atoms with van der Waals surface area (Å²) in [5.74, 6) is 0.0378. The molecule has 1 saturated heterocycles. The standard InChI is InChI=1S/C18H28N4O5S/c1-4-20(5-2)18(23)14-19-9-6-10-21(12-11-19)28(26,27)17-13-16(22(24)25)8-7-15(17)3/h7-8,13H,4-6,9-12,14H2,1-3H3. The summed E-state index contributed by atoms with van der Waals surface area (Å²) in [5, 5.41) is 11.0. The third-order valence-corrected chi connectivity index (χ3v) is 7.06. The summed E-state index contributed by atoms with van der Waals surface area (Å²) in [5.41, 5.74) is 0.230. The lowest BCUT2D eigenvalue weighted by molar-refractivity contribution is -0.385. The Morgan fingerprint density at radius 2 is 1.86 bits per heavy atom. The predicted molar refractivity (Wildman–Crippen MR) is 106 cm³/mol. The third-order valence-electron chi connectivity index (χ3n) is 5.02. The van der Waals surface area contributed by atoms with E-state index >= 15 is 0 Å². The molecule has 0 atom stereocenters. The topological polar surface area (TPSA) is 104 Å². The smallest absolute Gasteiger partial charge is 0.270 e. The number of rotatable bonds is 7. The van der Waals surface area contributed by atoms with Gasteiger partial charge in [0.2, 0.25) is 15.9 Å². The summed E-state index contributed by atoms with van der Waals surface area (Å²) in [6.07, 6.45) is 0.596. The molecule has 1 amide bonds. The Labute approximate surface area is 166 Å². The van der Waals surface area contributed by atoms with Crippen LogP contribution in [0.2, 0.25) is 0 Å². The fourth-order valence-electron chi connectivity index (χ4n) is 3.33. The molecule has 9 nitrogen and oxygen atoms in total. The monoisotopic (exact) mass is 412 g/mol. The fraction of sp³-hybridized carbons (Fsp3) is 0.611. The summed E-state index contributed by atoms with van der Waals surface area (Å²) in [6.45, 7) is 8.70. The minimum Gasteiger partial charge on any atom is -0.342 e. The molecule has 1 fully saturated rings. The maximum atomic E-state index is 13.1. The van der Waals surface area contributed by atoms with E-state index in [0.29, 0.717) is 44.7 Å². The number of hydrogen-bond donors (Lipinski definition) is 0. The number of non-ortho nitro benzene ring substituents is 1. The summed E-state index contributed by atoms with van der Waals surface area (Å²) in [4.78, 5) is 26.4. The van der Waals surface area contributed by atoms with Crippen LogP contribution in [0.25, 0.3) is 0 Å². The van der Waals surface area contributed by atoms with Gasteiger partial charge in [-0.1, -0.05) is 6.07 Å². The largest absolute Gasteiger partial charge is 0.342 e. The number of amides is 1. The zero-order chi connectivity index (χ0) is 20.9. The Bertz CT molecular complexity index is 823. The molecule has 0 N–H and O–H groups in total. The quantitative estimate of drug-likeness (QED) is 0.496. The van der Waals surface area contributed by atoms with E-state index in [4.69, 9.17) is 0 Å². The number of sulfonamides is 1. The number of nitrogens with zero attached hydrogens (tertiary/aromatic N) is 4. The van der Waals surface area contributed by atoms with Crippen LogP contribution in [0.5, 0.6) is 0 Å². The van der Waals surface area contributed by atoms with Gasteiger partial charge in [0, 0.05) is 44.9 Å². The third kappa shape index (κ3) is 5.06. The Morgan fingerprint density at radius 1 is 1.18 bits per heavy atom. The molecule has 1 heterocycles. The van der Waals surface area contributed by atoms with E-state index in [1.807, 2.05) is 18.7 Å². The number of nitro groups is 1. The van der Waals surface area contributed by atoms with Crippen LogP contribution in [0, 0.1) is 17.0 Å². The number of carbonyl (C=O) groups is 1. The van der Waals surface area contributed by atoms with E-state index in [-0.39, 0.29) is 29.6 Å². The lowest BCUT2D eigenvalue weighted by Crippen LogP contribution is -2.42. The van der Waals surface area contributed by atoms with Crippen molar-refractivity contribution in [3.05, 3.63) is 33.9 Å². The van der Waals surface area contributed by atoms with Crippen molar-refractivity contribution in [2.75, 3.05) is 45.8 Å². The molecular weight excluding hydrogens is 384 g/mol. The van der Waals surface area contributed by atoms with Crippen LogP contribution >= 0.6 is 0 Å². The highest BCUT2D eigenvalue weighted by atomic mass is 32.2. The van der Waals surface area contributed by atoms with Crippen molar-refractivity contribution in [3.8, 4) is 0 Å². The summed E-state index contributed by atoms with van der Waals surface area (Å²) < 4.78 is 27.5. The van der Waals surface area contributed by atoms with E-state index in [1.54, 1.807) is 11.8 Å². The van der Waals surface area contributed by atoms with Crippen molar-refractivity contribution < 1.29 is 18.1 Å². The molecule has 10 heteroatoms.